The van der Waals surface area contributed by atoms with Crippen LogP contribution in [0.3, 0.4) is 0 Å². The average Bonchev–Trinajstić information content (AvgIpc) is 2.15. The van der Waals surface area contributed by atoms with E-state index in [0.29, 0.717) is 0 Å². The smallest absolute Gasteiger partial charge is 0.247 e. The first kappa shape index (κ1) is 13.9. The summed E-state index contributed by atoms with van der Waals surface area (Å²) >= 11 is 5.61. The Bertz CT molecular complexity index is 542. The number of amides is 1. The molecule has 0 radical (unpaired) electrons. The molecule has 0 aliphatic rings. The van der Waals surface area contributed by atoms with Gasteiger partial charge in [0, 0.05) is 12.5 Å². The highest BCUT2D eigenvalue weighted by molar-refractivity contribution is 7.92. The summed E-state index contributed by atoms with van der Waals surface area (Å²) in [6.07, 6.45) is 2.35. The Morgan fingerprint density at radius 3 is 2.53 bits per heavy atom. The van der Waals surface area contributed by atoms with E-state index in [1.54, 1.807) is 0 Å². The molecule has 1 aromatic heterocycles. The molecule has 0 unspecified atom stereocenters. The number of aromatic nitrogens is 2. The van der Waals surface area contributed by atoms with Gasteiger partial charge >= 0.3 is 0 Å². The lowest BCUT2D eigenvalue weighted by Gasteiger charge is -2.20. The van der Waals surface area contributed by atoms with E-state index in [9.17, 15) is 13.2 Å². The van der Waals surface area contributed by atoms with Gasteiger partial charge in [-0.05, 0) is 19.9 Å². The zero-order valence-electron chi connectivity index (χ0n) is 9.56. The third kappa shape index (κ3) is 3.13. The number of nitrogens with zero attached hydrogens (tertiary/aromatic N) is 2. The average molecular weight is 278 g/mol. The zero-order chi connectivity index (χ0) is 13.3. The van der Waals surface area contributed by atoms with Gasteiger partial charge in [0.25, 0.3) is 0 Å². The van der Waals surface area contributed by atoms with Gasteiger partial charge < -0.3 is 0 Å². The predicted octanol–water partition coefficient (Wildman–Crippen LogP) is 0.892. The van der Waals surface area contributed by atoms with Gasteiger partial charge in [-0.15, -0.1) is 0 Å². The number of halogens is 1. The number of anilines is 1. The quantitative estimate of drug-likeness (QED) is 0.829. The standard InChI is InChI=1S/C9H12ClN3O3S/c1-9(2,17(3,15)16)7(14)13-8-11-5-4-6(10)12-8/h4-5H,1-3H3,(H,11,12,13,14). The van der Waals surface area contributed by atoms with E-state index < -0.39 is 20.5 Å². The topological polar surface area (TPSA) is 89.0 Å². The summed E-state index contributed by atoms with van der Waals surface area (Å²) in [5.74, 6) is -0.735. The van der Waals surface area contributed by atoms with Crippen molar-refractivity contribution in [2.75, 3.05) is 11.6 Å². The first-order chi connectivity index (χ1) is 7.64. The molecule has 0 saturated carbocycles. The van der Waals surface area contributed by atoms with Crippen LogP contribution >= 0.6 is 11.6 Å². The minimum atomic E-state index is -3.53. The molecule has 0 saturated heterocycles. The maximum Gasteiger partial charge on any atom is 0.247 e. The van der Waals surface area contributed by atoms with Crippen LogP contribution in [0.15, 0.2) is 12.3 Å². The number of carbonyl (C=O) groups excluding carboxylic acids is 1. The zero-order valence-corrected chi connectivity index (χ0v) is 11.1. The van der Waals surface area contributed by atoms with Gasteiger partial charge in [0.05, 0.1) is 0 Å². The highest BCUT2D eigenvalue weighted by Crippen LogP contribution is 2.17. The Morgan fingerprint density at radius 2 is 2.06 bits per heavy atom. The van der Waals surface area contributed by atoms with Crippen LogP contribution in [0.4, 0.5) is 5.95 Å². The maximum absolute atomic E-state index is 11.8. The summed E-state index contributed by atoms with van der Waals surface area (Å²) in [4.78, 5) is 19.3. The largest absolute Gasteiger partial charge is 0.293 e. The third-order valence-corrected chi connectivity index (χ3v) is 4.57. The SMILES string of the molecule is CC(C)(C(=O)Nc1nccc(Cl)n1)S(C)(=O)=O. The van der Waals surface area contributed by atoms with Crippen molar-refractivity contribution in [2.45, 2.75) is 18.6 Å². The molecule has 0 aromatic carbocycles. The van der Waals surface area contributed by atoms with Crippen LogP contribution in [0.5, 0.6) is 0 Å². The fourth-order valence-corrected chi connectivity index (χ4v) is 1.34. The molecular formula is C9H12ClN3O3S. The molecule has 0 atom stereocenters. The van der Waals surface area contributed by atoms with Crippen LogP contribution < -0.4 is 5.32 Å². The molecule has 0 bridgehead atoms. The molecule has 1 rings (SSSR count). The Morgan fingerprint density at radius 1 is 1.47 bits per heavy atom. The van der Waals surface area contributed by atoms with Crippen molar-refractivity contribution in [1.82, 2.24) is 9.97 Å². The number of carbonyl (C=O) groups is 1. The molecule has 94 valence electrons. The van der Waals surface area contributed by atoms with Crippen molar-refractivity contribution in [3.05, 3.63) is 17.4 Å². The van der Waals surface area contributed by atoms with Crippen LogP contribution in [0.1, 0.15) is 13.8 Å². The molecule has 1 amide bonds. The van der Waals surface area contributed by atoms with Gasteiger partial charge in [-0.2, -0.15) is 0 Å². The lowest BCUT2D eigenvalue weighted by molar-refractivity contribution is -0.117. The van der Waals surface area contributed by atoms with E-state index in [0.717, 1.165) is 6.26 Å². The minimum absolute atomic E-state index is 0.0285. The number of hydrogen-bond acceptors (Lipinski definition) is 5. The van der Waals surface area contributed by atoms with Gasteiger partial charge in [0.1, 0.15) is 9.90 Å². The molecule has 1 heterocycles. The van der Waals surface area contributed by atoms with E-state index in [2.05, 4.69) is 15.3 Å². The van der Waals surface area contributed by atoms with Crippen molar-refractivity contribution in [3.63, 3.8) is 0 Å². The molecule has 1 N–H and O–H groups in total. The minimum Gasteiger partial charge on any atom is -0.293 e. The van der Waals surface area contributed by atoms with Crippen LogP contribution in [-0.2, 0) is 14.6 Å². The second-order valence-electron chi connectivity index (χ2n) is 3.94. The maximum atomic E-state index is 11.8. The normalized spacial score (nSPS) is 12.2. The van der Waals surface area contributed by atoms with Crippen molar-refractivity contribution >= 4 is 33.3 Å². The van der Waals surface area contributed by atoms with E-state index in [4.69, 9.17) is 11.6 Å². The van der Waals surface area contributed by atoms with Gasteiger partial charge in [0.15, 0.2) is 9.84 Å². The highest BCUT2D eigenvalue weighted by atomic mass is 35.5. The van der Waals surface area contributed by atoms with Crippen LogP contribution in [0.25, 0.3) is 0 Å². The van der Waals surface area contributed by atoms with Crippen molar-refractivity contribution in [2.24, 2.45) is 0 Å². The summed E-state index contributed by atoms with van der Waals surface area (Å²) in [6, 6.07) is 1.44. The molecule has 0 fully saturated rings. The summed E-state index contributed by atoms with van der Waals surface area (Å²) in [5, 5.41) is 2.46. The van der Waals surface area contributed by atoms with Crippen molar-refractivity contribution in [3.8, 4) is 0 Å². The van der Waals surface area contributed by atoms with Gasteiger partial charge in [-0.25, -0.2) is 18.4 Å². The predicted molar refractivity (Wildman–Crippen MR) is 64.6 cm³/mol. The summed E-state index contributed by atoms with van der Waals surface area (Å²) in [6.45, 7) is 2.62. The van der Waals surface area contributed by atoms with E-state index in [1.165, 1.54) is 26.1 Å². The lowest BCUT2D eigenvalue weighted by Crippen LogP contribution is -2.44. The van der Waals surface area contributed by atoms with Gasteiger partial charge in [-0.1, -0.05) is 11.6 Å². The van der Waals surface area contributed by atoms with Gasteiger partial charge in [0.2, 0.25) is 11.9 Å². The van der Waals surface area contributed by atoms with E-state index in [1.807, 2.05) is 0 Å². The molecule has 17 heavy (non-hydrogen) atoms. The van der Waals surface area contributed by atoms with Crippen LogP contribution in [0.2, 0.25) is 5.15 Å². The summed E-state index contributed by atoms with van der Waals surface area (Å²) < 4.78 is 21.3. The Kier molecular flexibility index (Phi) is 3.73. The first-order valence-corrected chi connectivity index (χ1v) is 6.91. The lowest BCUT2D eigenvalue weighted by atomic mass is 10.2. The van der Waals surface area contributed by atoms with Crippen molar-refractivity contribution in [1.29, 1.82) is 0 Å². The van der Waals surface area contributed by atoms with Gasteiger partial charge in [-0.3, -0.25) is 10.1 Å². The molecule has 0 spiro atoms. The molecule has 8 heteroatoms. The summed E-state index contributed by atoms with van der Waals surface area (Å²) in [5.41, 5.74) is 0. The molecule has 6 nitrogen and oxygen atoms in total. The fraction of sp³-hybridized carbons (Fsp3) is 0.444. The second kappa shape index (κ2) is 4.58. The second-order valence-corrected chi connectivity index (χ2v) is 6.89. The molecule has 1 aromatic rings. The fourth-order valence-electron chi connectivity index (χ4n) is 0.817. The van der Waals surface area contributed by atoms with E-state index >= 15 is 0 Å². The number of hydrogen-bond donors (Lipinski definition) is 1. The third-order valence-electron chi connectivity index (χ3n) is 2.32. The molecular weight excluding hydrogens is 266 g/mol. The molecule has 0 aliphatic heterocycles. The summed E-state index contributed by atoms with van der Waals surface area (Å²) in [7, 11) is -3.53. The van der Waals surface area contributed by atoms with Crippen LogP contribution in [-0.4, -0.2) is 35.3 Å². The van der Waals surface area contributed by atoms with E-state index in [-0.39, 0.29) is 11.1 Å². The molecule has 0 aliphatic carbocycles. The van der Waals surface area contributed by atoms with Crippen LogP contribution in [0, 0.1) is 0 Å². The Hall–Kier alpha value is -1.21. The number of sulfone groups is 1. The Labute approximate surface area is 104 Å². The highest BCUT2D eigenvalue weighted by Gasteiger charge is 2.38. The monoisotopic (exact) mass is 277 g/mol. The first-order valence-electron chi connectivity index (χ1n) is 4.64. The van der Waals surface area contributed by atoms with Crippen molar-refractivity contribution < 1.29 is 13.2 Å². The Balaban J connectivity index is 2.95. The number of nitrogens with one attached hydrogen (secondary N) is 1. The number of rotatable bonds is 3.